The van der Waals surface area contributed by atoms with Crippen LogP contribution in [-0.4, -0.2) is 33.5 Å². The van der Waals surface area contributed by atoms with Crippen molar-refractivity contribution < 1.29 is 4.79 Å². The average Bonchev–Trinajstić information content (AvgIpc) is 3.16. The molecule has 0 aliphatic carbocycles. The van der Waals surface area contributed by atoms with Gasteiger partial charge in [-0.1, -0.05) is 30.3 Å². The van der Waals surface area contributed by atoms with Crippen molar-refractivity contribution in [1.29, 1.82) is 0 Å². The quantitative estimate of drug-likeness (QED) is 0.445. The maximum absolute atomic E-state index is 12.5. The monoisotopic (exact) mass is 413 g/mol. The van der Waals surface area contributed by atoms with Crippen LogP contribution in [0.3, 0.4) is 0 Å². The van der Waals surface area contributed by atoms with Crippen LogP contribution in [0.5, 0.6) is 0 Å². The van der Waals surface area contributed by atoms with Crippen LogP contribution in [0.4, 0.5) is 5.82 Å². The molecule has 2 heterocycles. The molecule has 0 aliphatic rings. The minimum atomic E-state index is -0.0776. The first-order valence-corrected chi connectivity index (χ1v) is 10.5. The second-order valence-electron chi connectivity index (χ2n) is 7.78. The van der Waals surface area contributed by atoms with Gasteiger partial charge >= 0.3 is 0 Å². The Morgan fingerprint density at radius 1 is 1.00 bits per heavy atom. The van der Waals surface area contributed by atoms with Gasteiger partial charge in [0.05, 0.1) is 5.52 Å². The normalized spacial score (nSPS) is 10.9. The molecule has 158 valence electrons. The zero-order valence-electron chi connectivity index (χ0n) is 18.1. The number of hydrogen-bond donors (Lipinski definition) is 2. The number of imidazole rings is 1. The molecule has 0 fully saturated rings. The topological polar surface area (TPSA) is 71.8 Å². The lowest BCUT2D eigenvalue weighted by Gasteiger charge is -2.12. The van der Waals surface area contributed by atoms with Crippen molar-refractivity contribution in [2.75, 3.05) is 18.4 Å². The number of benzene rings is 2. The van der Waals surface area contributed by atoms with Crippen LogP contribution in [0.2, 0.25) is 0 Å². The Morgan fingerprint density at radius 2 is 1.81 bits per heavy atom. The van der Waals surface area contributed by atoms with Gasteiger partial charge in [-0.3, -0.25) is 4.79 Å². The van der Waals surface area contributed by atoms with Gasteiger partial charge in [0.2, 0.25) is 0 Å². The maximum atomic E-state index is 12.5. The number of fused-ring (bicyclic) bond motifs is 1. The maximum Gasteiger partial charge on any atom is 0.251 e. The Hall–Kier alpha value is -3.67. The molecule has 0 saturated heterocycles. The smallest absolute Gasteiger partial charge is 0.251 e. The fourth-order valence-corrected chi connectivity index (χ4v) is 3.62. The Kier molecular flexibility index (Phi) is 5.98. The number of para-hydroxylation sites is 1. The zero-order valence-corrected chi connectivity index (χ0v) is 18.1. The number of hydrogen-bond acceptors (Lipinski definition) is 4. The summed E-state index contributed by atoms with van der Waals surface area (Å²) in [5, 5.41) is 7.45. The molecule has 31 heavy (non-hydrogen) atoms. The fraction of sp³-hybridized carbons (Fsp3) is 0.240. The van der Waals surface area contributed by atoms with Crippen LogP contribution < -0.4 is 10.6 Å². The second kappa shape index (κ2) is 9.00. The Morgan fingerprint density at radius 3 is 2.55 bits per heavy atom. The van der Waals surface area contributed by atoms with Crippen molar-refractivity contribution >= 4 is 22.6 Å². The Bertz CT molecular complexity index is 1210. The summed E-state index contributed by atoms with van der Waals surface area (Å²) >= 11 is 0. The van der Waals surface area contributed by atoms with Gasteiger partial charge in [0.25, 0.3) is 5.91 Å². The van der Waals surface area contributed by atoms with E-state index >= 15 is 0 Å². The van der Waals surface area contributed by atoms with Gasteiger partial charge in [-0.05, 0) is 55.7 Å². The van der Waals surface area contributed by atoms with Gasteiger partial charge in [-0.25, -0.2) is 9.97 Å². The SMILES string of the molecule is Cc1cc2cccc(C)c2nc1NCCNC(=O)c1ccc(Cn2ccnc2C)cc1. The average molecular weight is 414 g/mol. The Balaban J connectivity index is 1.30. The van der Waals surface area contributed by atoms with Gasteiger partial charge in [0, 0.05) is 43.0 Å². The van der Waals surface area contributed by atoms with Crippen LogP contribution in [0.15, 0.2) is 60.9 Å². The number of nitrogens with one attached hydrogen (secondary N) is 2. The molecule has 6 heteroatoms. The van der Waals surface area contributed by atoms with E-state index in [2.05, 4.69) is 45.3 Å². The third kappa shape index (κ3) is 4.74. The van der Waals surface area contributed by atoms with Gasteiger partial charge in [-0.2, -0.15) is 0 Å². The molecule has 2 N–H and O–H groups in total. The van der Waals surface area contributed by atoms with E-state index in [4.69, 9.17) is 4.98 Å². The summed E-state index contributed by atoms with van der Waals surface area (Å²) in [4.78, 5) is 21.5. The molecule has 4 aromatic rings. The zero-order chi connectivity index (χ0) is 21.8. The summed E-state index contributed by atoms with van der Waals surface area (Å²) in [6, 6.07) is 16.0. The number of aromatic nitrogens is 3. The first-order chi connectivity index (χ1) is 15.0. The highest BCUT2D eigenvalue weighted by Crippen LogP contribution is 2.22. The predicted molar refractivity (Wildman–Crippen MR) is 125 cm³/mol. The molecule has 2 aromatic carbocycles. The first kappa shape index (κ1) is 20.6. The number of nitrogens with zero attached hydrogens (tertiary/aromatic N) is 3. The van der Waals surface area contributed by atoms with Gasteiger partial charge in [0.15, 0.2) is 0 Å². The summed E-state index contributed by atoms with van der Waals surface area (Å²) in [7, 11) is 0. The predicted octanol–water partition coefficient (Wildman–Crippen LogP) is 4.25. The minimum absolute atomic E-state index is 0.0776. The number of amides is 1. The lowest BCUT2D eigenvalue weighted by Crippen LogP contribution is -2.29. The number of carbonyl (C=O) groups excluding carboxylic acids is 1. The lowest BCUT2D eigenvalue weighted by molar-refractivity contribution is 0.0955. The van der Waals surface area contributed by atoms with Crippen molar-refractivity contribution in [1.82, 2.24) is 19.9 Å². The van der Waals surface area contributed by atoms with E-state index in [-0.39, 0.29) is 5.91 Å². The van der Waals surface area contributed by atoms with Crippen molar-refractivity contribution in [3.05, 3.63) is 89.0 Å². The molecule has 1 amide bonds. The lowest BCUT2D eigenvalue weighted by atomic mass is 10.1. The largest absolute Gasteiger partial charge is 0.368 e. The number of rotatable bonds is 7. The standard InChI is InChI=1S/C25H27N5O/c1-17-5-4-6-22-15-18(2)24(29-23(17)22)27-11-12-28-25(31)21-9-7-20(8-10-21)16-30-14-13-26-19(30)3/h4-10,13-15H,11-12,16H2,1-3H3,(H,27,29)(H,28,31). The molecule has 0 unspecified atom stereocenters. The molecule has 0 aliphatic heterocycles. The molecule has 4 rings (SSSR count). The Labute approximate surface area is 182 Å². The third-order valence-electron chi connectivity index (χ3n) is 5.43. The molecule has 0 bridgehead atoms. The van der Waals surface area contributed by atoms with Crippen LogP contribution in [0.25, 0.3) is 10.9 Å². The summed E-state index contributed by atoms with van der Waals surface area (Å²) in [5.74, 6) is 1.75. The van der Waals surface area contributed by atoms with E-state index in [1.807, 2.05) is 50.4 Å². The number of anilines is 1. The molecule has 0 saturated carbocycles. The molecule has 0 spiro atoms. The van der Waals surface area contributed by atoms with Crippen molar-refractivity contribution in [3.63, 3.8) is 0 Å². The highest BCUT2D eigenvalue weighted by Gasteiger charge is 2.07. The summed E-state index contributed by atoms with van der Waals surface area (Å²) in [6.45, 7) is 7.96. The van der Waals surface area contributed by atoms with Crippen LogP contribution in [-0.2, 0) is 6.54 Å². The van der Waals surface area contributed by atoms with E-state index in [9.17, 15) is 4.79 Å². The molecular weight excluding hydrogens is 386 g/mol. The number of pyridine rings is 1. The fourth-order valence-electron chi connectivity index (χ4n) is 3.62. The van der Waals surface area contributed by atoms with E-state index in [0.29, 0.717) is 18.7 Å². The van der Waals surface area contributed by atoms with E-state index in [1.165, 1.54) is 0 Å². The van der Waals surface area contributed by atoms with Crippen molar-refractivity contribution in [2.45, 2.75) is 27.3 Å². The number of aryl methyl sites for hydroxylation is 3. The van der Waals surface area contributed by atoms with Crippen molar-refractivity contribution in [2.24, 2.45) is 0 Å². The molecule has 2 aromatic heterocycles. The van der Waals surface area contributed by atoms with Gasteiger partial charge < -0.3 is 15.2 Å². The number of carbonyl (C=O) groups is 1. The van der Waals surface area contributed by atoms with E-state index in [0.717, 1.165) is 45.8 Å². The summed E-state index contributed by atoms with van der Waals surface area (Å²) in [5.41, 5.74) is 5.04. The minimum Gasteiger partial charge on any atom is -0.368 e. The van der Waals surface area contributed by atoms with E-state index in [1.54, 1.807) is 6.20 Å². The molecule has 0 radical (unpaired) electrons. The van der Waals surface area contributed by atoms with Crippen molar-refractivity contribution in [3.8, 4) is 0 Å². The van der Waals surface area contributed by atoms with Gasteiger partial charge in [-0.15, -0.1) is 0 Å². The highest BCUT2D eigenvalue weighted by molar-refractivity contribution is 5.94. The van der Waals surface area contributed by atoms with Crippen LogP contribution >= 0.6 is 0 Å². The van der Waals surface area contributed by atoms with E-state index < -0.39 is 0 Å². The second-order valence-corrected chi connectivity index (χ2v) is 7.78. The third-order valence-corrected chi connectivity index (χ3v) is 5.43. The molecule has 6 nitrogen and oxygen atoms in total. The summed E-state index contributed by atoms with van der Waals surface area (Å²) in [6.07, 6.45) is 3.75. The van der Waals surface area contributed by atoms with Crippen LogP contribution in [0.1, 0.15) is 32.9 Å². The summed E-state index contributed by atoms with van der Waals surface area (Å²) < 4.78 is 2.07. The van der Waals surface area contributed by atoms with Gasteiger partial charge in [0.1, 0.15) is 11.6 Å². The van der Waals surface area contributed by atoms with Crippen LogP contribution in [0, 0.1) is 20.8 Å². The molecule has 0 atom stereocenters. The molecular formula is C25H27N5O. The first-order valence-electron chi connectivity index (χ1n) is 10.5. The highest BCUT2D eigenvalue weighted by atomic mass is 16.1.